The fourth-order valence-electron chi connectivity index (χ4n) is 2.22. The zero-order valence-corrected chi connectivity index (χ0v) is 13.6. The Morgan fingerprint density at radius 3 is 2.75 bits per heavy atom. The highest BCUT2D eigenvalue weighted by atomic mass is 31.0. The average molecular weight is 303 g/mol. The molecule has 1 fully saturated rings. The van der Waals surface area contributed by atoms with E-state index < -0.39 is 30.1 Å². The minimum Gasteiger partial charge on any atom is -0.447 e. The smallest absolute Gasteiger partial charge is 0.416 e. The highest BCUT2D eigenvalue weighted by Gasteiger charge is 2.41. The highest BCUT2D eigenvalue weighted by molar-refractivity contribution is 7.60. The van der Waals surface area contributed by atoms with Crippen molar-refractivity contribution in [1.82, 2.24) is 4.90 Å². The Hall–Kier alpha value is -0.645. The lowest BCUT2D eigenvalue weighted by Gasteiger charge is -2.28. The molecule has 0 bridgehead atoms. The summed E-state index contributed by atoms with van der Waals surface area (Å²) in [5.74, 6) is -1.15. The summed E-state index contributed by atoms with van der Waals surface area (Å²) in [7, 11) is 2.47. The second-order valence-electron chi connectivity index (χ2n) is 5.17. The first-order valence-electron chi connectivity index (χ1n) is 6.88. The van der Waals surface area contributed by atoms with E-state index in [1.807, 2.05) is 13.7 Å². The largest absolute Gasteiger partial charge is 0.447 e. The van der Waals surface area contributed by atoms with Gasteiger partial charge in [0.2, 0.25) is 5.91 Å². The number of nitrogens with zero attached hydrogens (tertiary/aromatic N) is 1. The summed E-state index contributed by atoms with van der Waals surface area (Å²) in [5.41, 5.74) is 0. The second-order valence-corrected chi connectivity index (χ2v) is 6.11. The van der Waals surface area contributed by atoms with Crippen LogP contribution in [0.25, 0.3) is 0 Å². The van der Waals surface area contributed by atoms with E-state index in [4.69, 9.17) is 9.39 Å². The molecule has 1 rings (SSSR count). The molecular formula is C12H23BNO5P. The topological polar surface area (TPSA) is 76.1 Å². The van der Waals surface area contributed by atoms with Crippen molar-refractivity contribution in [3.63, 3.8) is 0 Å². The molecule has 1 saturated heterocycles. The van der Waals surface area contributed by atoms with Gasteiger partial charge in [0.05, 0.1) is 24.2 Å². The van der Waals surface area contributed by atoms with Gasteiger partial charge in [0.15, 0.2) is 0 Å². The minimum atomic E-state index is -0.976. The molecule has 1 N–H and O–H groups in total. The van der Waals surface area contributed by atoms with Crippen molar-refractivity contribution in [2.75, 3.05) is 6.61 Å². The molecule has 0 saturated carbocycles. The predicted octanol–water partition coefficient (Wildman–Crippen LogP) is 1.14. The van der Waals surface area contributed by atoms with Crippen LogP contribution in [0.3, 0.4) is 0 Å². The molecule has 0 spiro atoms. The Morgan fingerprint density at radius 2 is 2.25 bits per heavy atom. The molecule has 0 aromatic rings. The molecule has 5 atom stereocenters. The van der Waals surface area contributed by atoms with Crippen LogP contribution in [0, 0.1) is 5.92 Å². The number of carbonyl (C=O) groups is 2. The summed E-state index contributed by atoms with van der Waals surface area (Å²) in [6.45, 7) is 7.11. The Morgan fingerprint density at radius 1 is 1.65 bits per heavy atom. The van der Waals surface area contributed by atoms with Gasteiger partial charge in [-0.2, -0.15) is 0 Å². The van der Waals surface area contributed by atoms with Gasteiger partial charge in [0, 0.05) is 0 Å². The van der Waals surface area contributed by atoms with Crippen molar-refractivity contribution in [2.24, 2.45) is 5.92 Å². The summed E-state index contributed by atoms with van der Waals surface area (Å²) >= 11 is 0. The van der Waals surface area contributed by atoms with Crippen LogP contribution in [-0.2, 0) is 14.2 Å². The molecule has 8 heteroatoms. The van der Waals surface area contributed by atoms with Gasteiger partial charge in [-0.1, -0.05) is 20.7 Å². The van der Waals surface area contributed by atoms with E-state index >= 15 is 0 Å². The van der Waals surface area contributed by atoms with E-state index in [1.165, 1.54) is 0 Å². The first-order chi connectivity index (χ1) is 9.29. The van der Waals surface area contributed by atoms with Crippen LogP contribution in [0.15, 0.2) is 0 Å². The lowest BCUT2D eigenvalue weighted by molar-refractivity contribution is -0.138. The first-order valence-corrected chi connectivity index (χ1v) is 7.55. The summed E-state index contributed by atoms with van der Waals surface area (Å²) in [4.78, 5) is 25.1. The minimum absolute atomic E-state index is 0.123. The molecule has 1 aliphatic heterocycles. The molecule has 0 aromatic carbocycles. The number of ether oxygens (including phenoxy) is 1. The second kappa shape index (κ2) is 7.39. The predicted molar refractivity (Wildman–Crippen MR) is 79.3 cm³/mol. The van der Waals surface area contributed by atoms with E-state index in [9.17, 15) is 14.7 Å². The molecule has 114 valence electrons. The number of cyclic esters (lactones) is 1. The van der Waals surface area contributed by atoms with E-state index in [0.717, 1.165) is 4.90 Å². The van der Waals surface area contributed by atoms with Crippen molar-refractivity contribution in [1.29, 1.82) is 0 Å². The van der Waals surface area contributed by atoms with Crippen molar-refractivity contribution in [2.45, 2.75) is 52.3 Å². The number of carbonyl (C=O) groups excluding carboxylic acids is 2. The van der Waals surface area contributed by atoms with Gasteiger partial charge in [0.1, 0.15) is 6.61 Å². The van der Waals surface area contributed by atoms with Gasteiger partial charge in [-0.15, -0.1) is 9.12 Å². The molecule has 1 unspecified atom stereocenters. The molecule has 6 nitrogen and oxygen atoms in total. The molecular weight excluding hydrogens is 280 g/mol. The van der Waals surface area contributed by atoms with E-state index in [1.54, 1.807) is 13.8 Å². The van der Waals surface area contributed by atoms with E-state index in [2.05, 4.69) is 9.12 Å². The number of imide groups is 1. The molecule has 0 aromatic heterocycles. The van der Waals surface area contributed by atoms with Crippen LogP contribution in [0.2, 0.25) is 6.82 Å². The standard InChI is InChI=1S/C12H23BNO5P/c1-5-9-6-18-12(17)14(9)11(16)7(2)10(15)8(3)19-13(4)20/h7-10,15H,5-6,20H2,1-4H3/t7-,8-,9-,10-/m0/s1. The molecule has 0 radical (unpaired) electrons. The maximum atomic E-state index is 12.4. The van der Waals surface area contributed by atoms with Crippen LogP contribution >= 0.6 is 9.12 Å². The van der Waals surface area contributed by atoms with Crippen molar-refractivity contribution in [3.05, 3.63) is 0 Å². The SMILES string of the molecule is CC[C@H]1COC(=O)N1C(=O)[C@@H](C)[C@H](O)[C@H](C)OB(C)P. The summed E-state index contributed by atoms with van der Waals surface area (Å²) in [6, 6.07) is -0.249. The Kier molecular flexibility index (Phi) is 6.43. The van der Waals surface area contributed by atoms with Crippen LogP contribution < -0.4 is 0 Å². The number of aliphatic hydroxyl groups is 1. The maximum absolute atomic E-state index is 12.4. The lowest BCUT2D eigenvalue weighted by atomic mass is 9.96. The van der Waals surface area contributed by atoms with Gasteiger partial charge in [-0.3, -0.25) is 4.79 Å². The van der Waals surface area contributed by atoms with Crippen LogP contribution in [0.5, 0.6) is 0 Å². The quantitative estimate of drug-likeness (QED) is 0.588. The van der Waals surface area contributed by atoms with Gasteiger partial charge in [-0.25, -0.2) is 9.69 Å². The van der Waals surface area contributed by atoms with Gasteiger partial charge < -0.3 is 14.5 Å². The first kappa shape index (κ1) is 17.4. The molecule has 0 aliphatic carbocycles. The fourth-order valence-corrected chi connectivity index (χ4v) is 2.47. The third-order valence-corrected chi connectivity index (χ3v) is 3.64. The maximum Gasteiger partial charge on any atom is 0.416 e. The van der Waals surface area contributed by atoms with Gasteiger partial charge in [-0.05, 0) is 13.3 Å². The van der Waals surface area contributed by atoms with Gasteiger partial charge in [0.25, 0.3) is 0 Å². The van der Waals surface area contributed by atoms with Gasteiger partial charge >= 0.3 is 12.7 Å². The van der Waals surface area contributed by atoms with Crippen molar-refractivity contribution < 1.29 is 24.1 Å². The zero-order chi connectivity index (χ0) is 15.4. The van der Waals surface area contributed by atoms with Crippen LogP contribution in [0.4, 0.5) is 4.79 Å². The van der Waals surface area contributed by atoms with E-state index in [0.29, 0.717) is 6.42 Å². The zero-order valence-electron chi connectivity index (χ0n) is 12.4. The average Bonchev–Trinajstić information content (AvgIpc) is 2.76. The highest BCUT2D eigenvalue weighted by Crippen LogP contribution is 2.22. The third-order valence-electron chi connectivity index (χ3n) is 3.48. The Balaban J connectivity index is 2.72. The van der Waals surface area contributed by atoms with E-state index in [-0.39, 0.29) is 19.3 Å². The molecule has 20 heavy (non-hydrogen) atoms. The molecule has 1 heterocycles. The molecule has 2 amide bonds. The summed E-state index contributed by atoms with van der Waals surface area (Å²) < 4.78 is 10.3. The molecule has 1 aliphatic rings. The van der Waals surface area contributed by atoms with Crippen molar-refractivity contribution >= 4 is 27.8 Å². The summed E-state index contributed by atoms with van der Waals surface area (Å²) in [5, 5.41) is 10.2. The monoisotopic (exact) mass is 303 g/mol. The Bertz CT molecular complexity index is 368. The van der Waals surface area contributed by atoms with Crippen LogP contribution in [-0.4, -0.2) is 53.5 Å². The number of amides is 2. The van der Waals surface area contributed by atoms with Crippen molar-refractivity contribution in [3.8, 4) is 0 Å². The number of hydrogen-bond acceptors (Lipinski definition) is 5. The number of aliphatic hydroxyl groups excluding tert-OH is 1. The fraction of sp³-hybridized carbons (Fsp3) is 0.833. The number of rotatable bonds is 6. The third kappa shape index (κ3) is 3.93. The Labute approximate surface area is 122 Å². The lowest BCUT2D eigenvalue weighted by Crippen LogP contribution is -2.47. The normalized spacial score (nSPS) is 23.2. The summed E-state index contributed by atoms with van der Waals surface area (Å²) in [6.07, 6.45) is -1.47. The van der Waals surface area contributed by atoms with Crippen LogP contribution in [0.1, 0.15) is 27.2 Å². The number of hydrogen-bond donors (Lipinski definition) is 1.